The van der Waals surface area contributed by atoms with Crippen molar-refractivity contribution in [2.75, 3.05) is 0 Å². The molecule has 0 bridgehead atoms. The predicted octanol–water partition coefficient (Wildman–Crippen LogP) is 4.81. The molecule has 1 rings (SSSR count). The minimum atomic E-state index is -0.174. The zero-order chi connectivity index (χ0) is 13.1. The fraction of sp³-hybridized carbons (Fsp3) is 0.529. The van der Waals surface area contributed by atoms with Crippen LogP contribution in [0.15, 0.2) is 36.4 Å². The van der Waals surface area contributed by atoms with Gasteiger partial charge in [-0.3, -0.25) is 0 Å². The summed E-state index contributed by atoms with van der Waals surface area (Å²) in [6, 6.07) is 10.2. The molecule has 0 fully saturated rings. The van der Waals surface area contributed by atoms with Crippen LogP contribution in [0.2, 0.25) is 0 Å². The van der Waals surface area contributed by atoms with E-state index >= 15 is 0 Å². The number of benzene rings is 1. The van der Waals surface area contributed by atoms with Gasteiger partial charge in [-0.15, -0.1) is 0 Å². The lowest BCUT2D eigenvalue weighted by Gasteiger charge is -2.07. The van der Waals surface area contributed by atoms with Crippen LogP contribution in [-0.4, -0.2) is 11.2 Å². The third kappa shape index (κ3) is 7.29. The minimum Gasteiger partial charge on any atom is -0.393 e. The van der Waals surface area contributed by atoms with E-state index in [-0.39, 0.29) is 6.10 Å². The van der Waals surface area contributed by atoms with Crippen LogP contribution in [0.25, 0.3) is 6.08 Å². The summed E-state index contributed by atoms with van der Waals surface area (Å²) in [5.74, 6) is 0. The molecular formula is C17H26O. The fourth-order valence-electron chi connectivity index (χ4n) is 2.03. The molecule has 1 N–H and O–H groups in total. The molecule has 18 heavy (non-hydrogen) atoms. The molecule has 1 aromatic rings. The SMILES string of the molecule is CCCCCCCC(O)C/C=C/c1ccccc1. The molecule has 0 amide bonds. The van der Waals surface area contributed by atoms with Gasteiger partial charge < -0.3 is 5.11 Å². The van der Waals surface area contributed by atoms with Crippen LogP contribution in [0.4, 0.5) is 0 Å². The summed E-state index contributed by atoms with van der Waals surface area (Å²) < 4.78 is 0. The molecule has 1 nitrogen and oxygen atoms in total. The Morgan fingerprint density at radius 2 is 1.78 bits per heavy atom. The monoisotopic (exact) mass is 246 g/mol. The third-order valence-electron chi connectivity index (χ3n) is 3.16. The van der Waals surface area contributed by atoms with Gasteiger partial charge in [0, 0.05) is 0 Å². The quantitative estimate of drug-likeness (QED) is 0.620. The van der Waals surface area contributed by atoms with Gasteiger partial charge in [0.25, 0.3) is 0 Å². The molecule has 0 aliphatic heterocycles. The number of unbranched alkanes of at least 4 members (excludes halogenated alkanes) is 4. The van der Waals surface area contributed by atoms with E-state index in [1.165, 1.54) is 31.2 Å². The summed E-state index contributed by atoms with van der Waals surface area (Å²) in [4.78, 5) is 0. The Hall–Kier alpha value is -1.08. The van der Waals surface area contributed by atoms with E-state index in [1.54, 1.807) is 0 Å². The molecular weight excluding hydrogens is 220 g/mol. The summed E-state index contributed by atoms with van der Waals surface area (Å²) in [7, 11) is 0. The summed E-state index contributed by atoms with van der Waals surface area (Å²) in [6.45, 7) is 2.23. The molecule has 0 radical (unpaired) electrons. The van der Waals surface area contributed by atoms with Crippen molar-refractivity contribution in [1.29, 1.82) is 0 Å². The summed E-state index contributed by atoms with van der Waals surface area (Å²) in [5.41, 5.74) is 1.20. The highest BCUT2D eigenvalue weighted by atomic mass is 16.3. The van der Waals surface area contributed by atoms with E-state index in [2.05, 4.69) is 31.2 Å². The standard InChI is InChI=1S/C17H26O/c1-2-3-4-5-9-14-17(18)15-10-13-16-11-7-6-8-12-16/h6-8,10-13,17-18H,2-5,9,14-15H2,1H3/b13-10+. The van der Waals surface area contributed by atoms with Crippen LogP contribution in [0.3, 0.4) is 0 Å². The van der Waals surface area contributed by atoms with E-state index in [9.17, 15) is 5.11 Å². The predicted molar refractivity (Wildman–Crippen MR) is 79.5 cm³/mol. The summed E-state index contributed by atoms with van der Waals surface area (Å²) in [5, 5.41) is 9.83. The molecule has 0 saturated heterocycles. The fourth-order valence-corrected chi connectivity index (χ4v) is 2.03. The maximum absolute atomic E-state index is 9.83. The molecule has 0 aromatic heterocycles. The van der Waals surface area contributed by atoms with Gasteiger partial charge >= 0.3 is 0 Å². The van der Waals surface area contributed by atoms with E-state index in [0.717, 1.165) is 19.3 Å². The Morgan fingerprint density at radius 3 is 2.50 bits per heavy atom. The zero-order valence-corrected chi connectivity index (χ0v) is 11.5. The van der Waals surface area contributed by atoms with Crippen LogP contribution >= 0.6 is 0 Å². The van der Waals surface area contributed by atoms with Crippen LogP contribution in [0.5, 0.6) is 0 Å². The molecule has 0 saturated carbocycles. The van der Waals surface area contributed by atoms with E-state index in [1.807, 2.05) is 18.2 Å². The molecule has 1 heteroatoms. The Balaban J connectivity index is 2.09. The summed E-state index contributed by atoms with van der Waals surface area (Å²) >= 11 is 0. The number of hydrogen-bond donors (Lipinski definition) is 1. The second-order valence-electron chi connectivity index (χ2n) is 4.91. The highest BCUT2D eigenvalue weighted by molar-refractivity contribution is 5.48. The minimum absolute atomic E-state index is 0.174. The van der Waals surface area contributed by atoms with Crippen LogP contribution in [0.1, 0.15) is 57.4 Å². The number of hydrogen-bond acceptors (Lipinski definition) is 1. The van der Waals surface area contributed by atoms with Gasteiger partial charge in [-0.2, -0.15) is 0 Å². The van der Waals surface area contributed by atoms with Gasteiger partial charge in [0.1, 0.15) is 0 Å². The van der Waals surface area contributed by atoms with Gasteiger partial charge in [0.2, 0.25) is 0 Å². The van der Waals surface area contributed by atoms with Gasteiger partial charge in [-0.05, 0) is 18.4 Å². The average Bonchev–Trinajstić information content (AvgIpc) is 2.40. The number of aliphatic hydroxyl groups excluding tert-OH is 1. The lowest BCUT2D eigenvalue weighted by molar-refractivity contribution is 0.164. The van der Waals surface area contributed by atoms with Crippen molar-refractivity contribution in [2.24, 2.45) is 0 Å². The molecule has 1 atom stereocenters. The lowest BCUT2D eigenvalue weighted by Crippen LogP contribution is -2.04. The molecule has 0 spiro atoms. The van der Waals surface area contributed by atoms with Crippen LogP contribution < -0.4 is 0 Å². The first kappa shape index (κ1) is 15.0. The highest BCUT2D eigenvalue weighted by Crippen LogP contribution is 2.10. The van der Waals surface area contributed by atoms with Crippen molar-refractivity contribution in [2.45, 2.75) is 58.0 Å². The first-order valence-electron chi connectivity index (χ1n) is 7.22. The normalized spacial score (nSPS) is 13.0. The first-order chi connectivity index (χ1) is 8.83. The largest absolute Gasteiger partial charge is 0.393 e. The molecule has 1 aromatic carbocycles. The van der Waals surface area contributed by atoms with Crippen molar-refractivity contribution < 1.29 is 5.11 Å². The smallest absolute Gasteiger partial charge is 0.0574 e. The van der Waals surface area contributed by atoms with E-state index in [0.29, 0.717) is 0 Å². The van der Waals surface area contributed by atoms with Crippen molar-refractivity contribution in [3.05, 3.63) is 42.0 Å². The van der Waals surface area contributed by atoms with Crippen molar-refractivity contribution >= 4 is 6.08 Å². The molecule has 0 aliphatic carbocycles. The van der Waals surface area contributed by atoms with Gasteiger partial charge in [-0.25, -0.2) is 0 Å². The van der Waals surface area contributed by atoms with Crippen molar-refractivity contribution in [3.63, 3.8) is 0 Å². The molecule has 0 heterocycles. The van der Waals surface area contributed by atoms with Gasteiger partial charge in [0.15, 0.2) is 0 Å². The van der Waals surface area contributed by atoms with Crippen LogP contribution in [-0.2, 0) is 0 Å². The second kappa shape index (κ2) is 9.90. The van der Waals surface area contributed by atoms with Crippen LogP contribution in [0, 0.1) is 0 Å². The maximum Gasteiger partial charge on any atom is 0.0574 e. The topological polar surface area (TPSA) is 20.2 Å². The molecule has 0 aliphatic rings. The maximum atomic E-state index is 9.83. The Morgan fingerprint density at radius 1 is 1.06 bits per heavy atom. The average molecular weight is 246 g/mol. The molecule has 100 valence electrons. The Bertz CT molecular complexity index is 316. The lowest BCUT2D eigenvalue weighted by atomic mass is 10.1. The Labute approximate surface area is 112 Å². The Kier molecular flexibility index (Phi) is 8.24. The van der Waals surface area contributed by atoms with E-state index in [4.69, 9.17) is 0 Å². The number of aliphatic hydroxyl groups is 1. The first-order valence-corrected chi connectivity index (χ1v) is 7.22. The van der Waals surface area contributed by atoms with E-state index < -0.39 is 0 Å². The second-order valence-corrected chi connectivity index (χ2v) is 4.91. The van der Waals surface area contributed by atoms with Crippen molar-refractivity contribution in [1.82, 2.24) is 0 Å². The molecule has 1 unspecified atom stereocenters. The van der Waals surface area contributed by atoms with Gasteiger partial charge in [0.05, 0.1) is 6.10 Å². The van der Waals surface area contributed by atoms with Gasteiger partial charge in [-0.1, -0.05) is 81.5 Å². The zero-order valence-electron chi connectivity index (χ0n) is 11.5. The van der Waals surface area contributed by atoms with Crippen molar-refractivity contribution in [3.8, 4) is 0 Å². The number of rotatable bonds is 9. The third-order valence-corrected chi connectivity index (χ3v) is 3.16. The highest BCUT2D eigenvalue weighted by Gasteiger charge is 2.00. The summed E-state index contributed by atoms with van der Waals surface area (Å²) in [6.07, 6.45) is 12.0.